The Bertz CT molecular complexity index is 935. The minimum atomic E-state index is -0.0541. The normalized spacial score (nSPS) is 19.8. The van der Waals surface area contributed by atoms with Crippen molar-refractivity contribution in [3.05, 3.63) is 52.8 Å². The molecule has 2 saturated heterocycles. The predicted molar refractivity (Wildman–Crippen MR) is 122 cm³/mol. The Labute approximate surface area is 189 Å². The number of hydrogen-bond acceptors (Lipinski definition) is 6. The second-order valence-electron chi connectivity index (χ2n) is 8.79. The summed E-state index contributed by atoms with van der Waals surface area (Å²) in [5, 5.41) is 12.9. The van der Waals surface area contributed by atoms with Gasteiger partial charge in [-0.25, -0.2) is 0 Å². The molecule has 2 aromatic rings. The van der Waals surface area contributed by atoms with Crippen molar-refractivity contribution in [2.24, 2.45) is 0 Å². The lowest BCUT2D eigenvalue weighted by Gasteiger charge is -2.32. The van der Waals surface area contributed by atoms with Crippen molar-refractivity contribution in [3.63, 3.8) is 0 Å². The second-order valence-corrected chi connectivity index (χ2v) is 8.79. The van der Waals surface area contributed by atoms with Gasteiger partial charge in [-0.15, -0.1) is 0 Å². The number of phenolic OH excluding ortho intramolecular Hbond substituents is 1. The van der Waals surface area contributed by atoms with Gasteiger partial charge in [0.1, 0.15) is 0 Å². The average Bonchev–Trinajstić information content (AvgIpc) is 3.33. The van der Waals surface area contributed by atoms with Gasteiger partial charge in [0, 0.05) is 31.3 Å². The average molecular weight is 440 g/mol. The van der Waals surface area contributed by atoms with E-state index in [0.29, 0.717) is 17.9 Å². The molecular weight excluding hydrogens is 406 g/mol. The third kappa shape index (κ3) is 5.40. The van der Waals surface area contributed by atoms with Crippen molar-refractivity contribution in [2.75, 3.05) is 33.4 Å². The van der Waals surface area contributed by atoms with Crippen LogP contribution in [0, 0.1) is 6.92 Å². The van der Waals surface area contributed by atoms with E-state index in [2.05, 4.69) is 10.2 Å². The zero-order valence-corrected chi connectivity index (χ0v) is 19.0. The fraction of sp³-hybridized carbons (Fsp3) is 0.520. The topological polar surface area (TPSA) is 83.9 Å². The number of piperidine rings is 1. The molecule has 2 aliphatic heterocycles. The summed E-state index contributed by atoms with van der Waals surface area (Å²) in [4.78, 5) is 20.1. The molecule has 0 saturated carbocycles. The molecule has 0 spiro atoms. The molecule has 1 aromatic heterocycles. The Morgan fingerprint density at radius 2 is 2.06 bits per heavy atom. The SMILES string of the molecule is COc1cc(CN2CCC(c3nc(C)ccc3C(=O)NC[C@H]3CCCO3)CC2)ccc1O. The Hall–Kier alpha value is -2.64. The molecule has 1 atom stereocenters. The number of benzene rings is 1. The summed E-state index contributed by atoms with van der Waals surface area (Å²) in [5.74, 6) is 0.872. The van der Waals surface area contributed by atoms with Gasteiger partial charge in [-0.05, 0) is 75.5 Å². The van der Waals surface area contributed by atoms with Crippen LogP contribution in [0.5, 0.6) is 11.5 Å². The summed E-state index contributed by atoms with van der Waals surface area (Å²) in [6.07, 6.45) is 4.11. The van der Waals surface area contributed by atoms with E-state index >= 15 is 0 Å². The number of carbonyl (C=O) groups is 1. The van der Waals surface area contributed by atoms with E-state index in [4.69, 9.17) is 14.5 Å². The van der Waals surface area contributed by atoms with Crippen LogP contribution in [-0.2, 0) is 11.3 Å². The first kappa shape index (κ1) is 22.6. The number of aryl methyl sites for hydroxylation is 1. The van der Waals surface area contributed by atoms with Crippen LogP contribution in [0.4, 0.5) is 0 Å². The molecule has 0 radical (unpaired) electrons. The van der Waals surface area contributed by atoms with Crippen LogP contribution in [0.2, 0.25) is 0 Å². The van der Waals surface area contributed by atoms with Gasteiger partial charge in [-0.2, -0.15) is 0 Å². The summed E-state index contributed by atoms with van der Waals surface area (Å²) in [7, 11) is 1.56. The number of likely N-dealkylation sites (tertiary alicyclic amines) is 1. The van der Waals surface area contributed by atoms with Crippen molar-refractivity contribution >= 4 is 5.91 Å². The highest BCUT2D eigenvalue weighted by Crippen LogP contribution is 2.31. The molecule has 2 fully saturated rings. The molecule has 3 heterocycles. The number of ether oxygens (including phenoxy) is 2. The number of hydrogen-bond donors (Lipinski definition) is 2. The number of nitrogens with zero attached hydrogens (tertiary/aromatic N) is 2. The van der Waals surface area contributed by atoms with Crippen LogP contribution in [0.25, 0.3) is 0 Å². The fourth-order valence-corrected chi connectivity index (χ4v) is 4.63. The van der Waals surface area contributed by atoms with Gasteiger partial charge < -0.3 is 19.9 Å². The Morgan fingerprint density at radius 1 is 1.25 bits per heavy atom. The summed E-state index contributed by atoms with van der Waals surface area (Å²) in [6, 6.07) is 9.33. The molecule has 1 aromatic carbocycles. The zero-order chi connectivity index (χ0) is 22.5. The first-order valence-electron chi connectivity index (χ1n) is 11.5. The summed E-state index contributed by atoms with van der Waals surface area (Å²) >= 11 is 0. The van der Waals surface area contributed by atoms with Crippen molar-refractivity contribution in [2.45, 2.75) is 51.2 Å². The van der Waals surface area contributed by atoms with Crippen molar-refractivity contribution in [1.29, 1.82) is 0 Å². The van der Waals surface area contributed by atoms with Crippen LogP contribution in [-0.4, -0.2) is 60.4 Å². The van der Waals surface area contributed by atoms with Gasteiger partial charge in [0.05, 0.1) is 24.5 Å². The largest absolute Gasteiger partial charge is 0.504 e. The maximum absolute atomic E-state index is 12.9. The molecule has 172 valence electrons. The highest BCUT2D eigenvalue weighted by Gasteiger charge is 2.27. The second kappa shape index (κ2) is 10.3. The highest BCUT2D eigenvalue weighted by atomic mass is 16.5. The van der Waals surface area contributed by atoms with E-state index in [0.717, 1.165) is 68.9 Å². The van der Waals surface area contributed by atoms with Crippen LogP contribution in [0.15, 0.2) is 30.3 Å². The first-order chi connectivity index (χ1) is 15.5. The molecule has 7 nitrogen and oxygen atoms in total. The van der Waals surface area contributed by atoms with Crippen LogP contribution >= 0.6 is 0 Å². The zero-order valence-electron chi connectivity index (χ0n) is 19.0. The lowest BCUT2D eigenvalue weighted by atomic mass is 9.89. The van der Waals surface area contributed by atoms with Gasteiger partial charge in [-0.3, -0.25) is 14.7 Å². The fourth-order valence-electron chi connectivity index (χ4n) is 4.63. The number of aromatic nitrogens is 1. The summed E-state index contributed by atoms with van der Waals surface area (Å²) in [6.45, 7) is 5.99. The van der Waals surface area contributed by atoms with E-state index < -0.39 is 0 Å². The number of aromatic hydroxyl groups is 1. The van der Waals surface area contributed by atoms with Crippen molar-refractivity contribution in [1.82, 2.24) is 15.2 Å². The van der Waals surface area contributed by atoms with Crippen LogP contribution in [0.1, 0.15) is 58.9 Å². The lowest BCUT2D eigenvalue weighted by Crippen LogP contribution is -2.35. The van der Waals surface area contributed by atoms with E-state index in [9.17, 15) is 9.90 Å². The maximum Gasteiger partial charge on any atom is 0.253 e. The maximum atomic E-state index is 12.9. The molecule has 4 rings (SSSR count). The molecule has 32 heavy (non-hydrogen) atoms. The number of nitrogens with one attached hydrogen (secondary N) is 1. The van der Waals surface area contributed by atoms with Crippen LogP contribution in [0.3, 0.4) is 0 Å². The lowest BCUT2D eigenvalue weighted by molar-refractivity contribution is 0.0855. The molecular formula is C25H33N3O4. The van der Waals surface area contributed by atoms with Crippen molar-refractivity contribution < 1.29 is 19.4 Å². The van der Waals surface area contributed by atoms with E-state index in [1.807, 2.05) is 31.2 Å². The van der Waals surface area contributed by atoms with Crippen molar-refractivity contribution in [3.8, 4) is 11.5 Å². The first-order valence-corrected chi connectivity index (χ1v) is 11.5. The number of rotatable bonds is 7. The molecule has 2 aliphatic rings. The molecule has 7 heteroatoms. The third-order valence-corrected chi connectivity index (χ3v) is 6.45. The molecule has 2 N–H and O–H groups in total. The van der Waals surface area contributed by atoms with Gasteiger partial charge in [-0.1, -0.05) is 6.07 Å². The van der Waals surface area contributed by atoms with Gasteiger partial charge in [0.25, 0.3) is 5.91 Å². The van der Waals surface area contributed by atoms with E-state index in [1.54, 1.807) is 13.2 Å². The smallest absolute Gasteiger partial charge is 0.253 e. The van der Waals surface area contributed by atoms with Gasteiger partial charge >= 0.3 is 0 Å². The predicted octanol–water partition coefficient (Wildman–Crippen LogP) is 3.39. The number of phenols is 1. The number of methoxy groups -OCH3 is 1. The highest BCUT2D eigenvalue weighted by molar-refractivity contribution is 5.95. The monoisotopic (exact) mass is 439 g/mol. The summed E-state index contributed by atoms with van der Waals surface area (Å²) in [5.41, 5.74) is 3.66. The third-order valence-electron chi connectivity index (χ3n) is 6.45. The Kier molecular flexibility index (Phi) is 7.27. The molecule has 1 amide bonds. The Morgan fingerprint density at radius 3 is 2.78 bits per heavy atom. The summed E-state index contributed by atoms with van der Waals surface area (Å²) < 4.78 is 10.9. The minimum Gasteiger partial charge on any atom is -0.504 e. The molecule has 0 bridgehead atoms. The number of amides is 1. The quantitative estimate of drug-likeness (QED) is 0.688. The van der Waals surface area contributed by atoms with E-state index in [-0.39, 0.29) is 23.7 Å². The number of carbonyl (C=O) groups excluding carboxylic acids is 1. The number of pyridine rings is 1. The van der Waals surface area contributed by atoms with Gasteiger partial charge in [0.15, 0.2) is 11.5 Å². The van der Waals surface area contributed by atoms with Gasteiger partial charge in [0.2, 0.25) is 0 Å². The van der Waals surface area contributed by atoms with E-state index in [1.165, 1.54) is 0 Å². The molecule has 0 unspecified atom stereocenters. The standard InChI is InChI=1S/C25H33N3O4/c1-17-5-7-21(25(30)26-15-20-4-3-13-32-20)24(27-17)19-9-11-28(12-10-19)16-18-6-8-22(29)23(14-18)31-2/h5-8,14,19-20,29H,3-4,9-13,15-16H2,1-2H3,(H,26,30)/t20-/m1/s1. The minimum absolute atomic E-state index is 0.0541. The molecule has 0 aliphatic carbocycles. The Balaban J connectivity index is 1.38. The van der Waals surface area contributed by atoms with Crippen LogP contribution < -0.4 is 10.1 Å².